The quantitative estimate of drug-likeness (QED) is 0.838. The molecule has 3 heteroatoms. The Labute approximate surface area is 110 Å². The standard InChI is InChI=1S/C15H24N2O/c1-5-7-12(2)11-16-14-9-6-8-13(10-14)15(18)17(3)4/h6,8-10,12,16H,5,7,11H2,1-4H3. The molecule has 1 aromatic carbocycles. The van der Waals surface area contributed by atoms with Gasteiger partial charge in [0.05, 0.1) is 0 Å². The Morgan fingerprint density at radius 3 is 2.72 bits per heavy atom. The first-order valence-electron chi connectivity index (χ1n) is 6.60. The second-order valence-electron chi connectivity index (χ2n) is 5.06. The first-order chi connectivity index (χ1) is 8.54. The van der Waals surface area contributed by atoms with Crippen LogP contribution in [0.3, 0.4) is 0 Å². The first kappa shape index (κ1) is 14.6. The van der Waals surface area contributed by atoms with E-state index < -0.39 is 0 Å². The van der Waals surface area contributed by atoms with Gasteiger partial charge in [0.25, 0.3) is 5.91 Å². The Kier molecular flexibility index (Phi) is 5.69. The van der Waals surface area contributed by atoms with Crippen LogP contribution in [0.15, 0.2) is 24.3 Å². The zero-order valence-electron chi connectivity index (χ0n) is 11.9. The highest BCUT2D eigenvalue weighted by Crippen LogP contribution is 2.13. The van der Waals surface area contributed by atoms with Crippen molar-refractivity contribution in [2.24, 2.45) is 5.92 Å². The number of nitrogens with zero attached hydrogens (tertiary/aromatic N) is 1. The predicted octanol–water partition coefficient (Wildman–Crippen LogP) is 3.24. The van der Waals surface area contributed by atoms with Crippen LogP contribution in [0.25, 0.3) is 0 Å². The maximum absolute atomic E-state index is 11.8. The molecule has 0 aliphatic heterocycles. The SMILES string of the molecule is CCCC(C)CNc1cccc(C(=O)N(C)C)c1. The van der Waals surface area contributed by atoms with E-state index in [1.165, 1.54) is 12.8 Å². The third kappa shape index (κ3) is 4.40. The van der Waals surface area contributed by atoms with Gasteiger partial charge >= 0.3 is 0 Å². The number of rotatable bonds is 6. The van der Waals surface area contributed by atoms with Crippen LogP contribution in [-0.4, -0.2) is 31.4 Å². The summed E-state index contributed by atoms with van der Waals surface area (Å²) in [5, 5.41) is 3.39. The zero-order chi connectivity index (χ0) is 13.5. The van der Waals surface area contributed by atoms with Crippen LogP contribution in [0.5, 0.6) is 0 Å². The third-order valence-corrected chi connectivity index (χ3v) is 2.95. The van der Waals surface area contributed by atoms with Crippen molar-refractivity contribution in [2.75, 3.05) is 26.0 Å². The molecule has 1 rings (SSSR count). The second kappa shape index (κ2) is 7.04. The summed E-state index contributed by atoms with van der Waals surface area (Å²) in [5.41, 5.74) is 1.75. The van der Waals surface area contributed by atoms with Crippen molar-refractivity contribution in [3.8, 4) is 0 Å². The van der Waals surface area contributed by atoms with Crippen molar-refractivity contribution in [3.05, 3.63) is 29.8 Å². The van der Waals surface area contributed by atoms with Gasteiger partial charge in [-0.1, -0.05) is 26.3 Å². The average molecular weight is 248 g/mol. The molecule has 0 saturated carbocycles. The summed E-state index contributed by atoms with van der Waals surface area (Å²) in [4.78, 5) is 13.4. The van der Waals surface area contributed by atoms with Crippen molar-refractivity contribution in [2.45, 2.75) is 26.7 Å². The van der Waals surface area contributed by atoms with Gasteiger partial charge in [-0.3, -0.25) is 4.79 Å². The molecule has 0 bridgehead atoms. The third-order valence-electron chi connectivity index (χ3n) is 2.95. The molecule has 1 atom stereocenters. The number of hydrogen-bond donors (Lipinski definition) is 1. The van der Waals surface area contributed by atoms with Crippen molar-refractivity contribution in [1.82, 2.24) is 4.90 Å². The van der Waals surface area contributed by atoms with E-state index in [1.54, 1.807) is 19.0 Å². The van der Waals surface area contributed by atoms with Crippen molar-refractivity contribution >= 4 is 11.6 Å². The molecule has 0 aromatic heterocycles. The van der Waals surface area contributed by atoms with E-state index in [4.69, 9.17) is 0 Å². The number of benzene rings is 1. The fourth-order valence-electron chi connectivity index (χ4n) is 1.91. The highest BCUT2D eigenvalue weighted by Gasteiger charge is 2.08. The summed E-state index contributed by atoms with van der Waals surface area (Å²) in [6.07, 6.45) is 2.44. The van der Waals surface area contributed by atoms with Crippen LogP contribution in [-0.2, 0) is 0 Å². The largest absolute Gasteiger partial charge is 0.385 e. The molecule has 0 aliphatic rings. The van der Waals surface area contributed by atoms with Crippen LogP contribution in [0.4, 0.5) is 5.69 Å². The van der Waals surface area contributed by atoms with E-state index in [-0.39, 0.29) is 5.91 Å². The predicted molar refractivity (Wildman–Crippen MR) is 77.0 cm³/mol. The minimum atomic E-state index is 0.0419. The first-order valence-corrected chi connectivity index (χ1v) is 6.60. The fraction of sp³-hybridized carbons (Fsp3) is 0.533. The molecule has 1 amide bonds. The van der Waals surface area contributed by atoms with Crippen LogP contribution in [0, 0.1) is 5.92 Å². The van der Waals surface area contributed by atoms with Gasteiger partial charge in [-0.05, 0) is 30.5 Å². The van der Waals surface area contributed by atoms with Gasteiger partial charge in [0, 0.05) is 31.9 Å². The second-order valence-corrected chi connectivity index (χ2v) is 5.06. The van der Waals surface area contributed by atoms with Crippen molar-refractivity contribution < 1.29 is 4.79 Å². The smallest absolute Gasteiger partial charge is 0.253 e. The highest BCUT2D eigenvalue weighted by molar-refractivity contribution is 5.94. The molecule has 0 fully saturated rings. The Hall–Kier alpha value is -1.51. The summed E-state index contributed by atoms with van der Waals surface area (Å²) in [6.45, 7) is 5.39. The lowest BCUT2D eigenvalue weighted by Gasteiger charge is -2.14. The molecule has 0 aliphatic carbocycles. The van der Waals surface area contributed by atoms with Gasteiger partial charge in [0.1, 0.15) is 0 Å². The molecule has 0 spiro atoms. The molecule has 100 valence electrons. The van der Waals surface area contributed by atoms with E-state index in [9.17, 15) is 4.79 Å². The highest BCUT2D eigenvalue weighted by atomic mass is 16.2. The number of hydrogen-bond acceptors (Lipinski definition) is 2. The van der Waals surface area contributed by atoms with Crippen LogP contribution in [0.1, 0.15) is 37.0 Å². The molecule has 0 radical (unpaired) electrons. The number of carbonyl (C=O) groups is 1. The number of anilines is 1. The van der Waals surface area contributed by atoms with Gasteiger partial charge in [0.2, 0.25) is 0 Å². The Bertz CT molecular complexity index is 388. The van der Waals surface area contributed by atoms with Gasteiger partial charge in [-0.25, -0.2) is 0 Å². The molecular weight excluding hydrogens is 224 g/mol. The van der Waals surface area contributed by atoms with Crippen LogP contribution >= 0.6 is 0 Å². The Balaban J connectivity index is 2.62. The fourth-order valence-corrected chi connectivity index (χ4v) is 1.91. The van der Waals surface area contributed by atoms with E-state index in [0.717, 1.165) is 17.8 Å². The Morgan fingerprint density at radius 1 is 1.39 bits per heavy atom. The minimum Gasteiger partial charge on any atom is -0.385 e. The lowest BCUT2D eigenvalue weighted by molar-refractivity contribution is 0.0827. The van der Waals surface area contributed by atoms with Gasteiger partial charge in [-0.2, -0.15) is 0 Å². The lowest BCUT2D eigenvalue weighted by Crippen LogP contribution is -2.21. The van der Waals surface area contributed by atoms with Gasteiger partial charge in [0.15, 0.2) is 0 Å². The molecule has 1 unspecified atom stereocenters. The number of carbonyl (C=O) groups excluding carboxylic acids is 1. The molecule has 3 nitrogen and oxygen atoms in total. The summed E-state index contributed by atoms with van der Waals surface area (Å²) < 4.78 is 0. The van der Waals surface area contributed by atoms with E-state index in [2.05, 4.69) is 19.2 Å². The lowest BCUT2D eigenvalue weighted by atomic mass is 10.1. The molecule has 1 N–H and O–H groups in total. The maximum atomic E-state index is 11.8. The zero-order valence-corrected chi connectivity index (χ0v) is 11.9. The summed E-state index contributed by atoms with van der Waals surface area (Å²) in [6, 6.07) is 7.69. The molecule has 18 heavy (non-hydrogen) atoms. The number of amides is 1. The maximum Gasteiger partial charge on any atom is 0.253 e. The average Bonchev–Trinajstić information content (AvgIpc) is 2.36. The van der Waals surface area contributed by atoms with Crippen LogP contribution in [0.2, 0.25) is 0 Å². The Morgan fingerprint density at radius 2 is 2.11 bits per heavy atom. The summed E-state index contributed by atoms with van der Waals surface area (Å²) >= 11 is 0. The van der Waals surface area contributed by atoms with E-state index in [1.807, 2.05) is 24.3 Å². The molecular formula is C15H24N2O. The normalized spacial score (nSPS) is 12.0. The monoisotopic (exact) mass is 248 g/mol. The van der Waals surface area contributed by atoms with E-state index >= 15 is 0 Å². The van der Waals surface area contributed by atoms with Crippen molar-refractivity contribution in [3.63, 3.8) is 0 Å². The van der Waals surface area contributed by atoms with E-state index in [0.29, 0.717) is 5.92 Å². The summed E-state index contributed by atoms with van der Waals surface area (Å²) in [5.74, 6) is 0.698. The molecule has 1 aromatic rings. The molecule has 0 heterocycles. The van der Waals surface area contributed by atoms with Gasteiger partial charge in [-0.15, -0.1) is 0 Å². The van der Waals surface area contributed by atoms with Crippen LogP contribution < -0.4 is 5.32 Å². The molecule has 0 saturated heterocycles. The minimum absolute atomic E-state index is 0.0419. The topological polar surface area (TPSA) is 32.3 Å². The number of nitrogens with one attached hydrogen (secondary N) is 1. The van der Waals surface area contributed by atoms with Gasteiger partial charge < -0.3 is 10.2 Å². The van der Waals surface area contributed by atoms with Crippen molar-refractivity contribution in [1.29, 1.82) is 0 Å². The summed E-state index contributed by atoms with van der Waals surface area (Å²) in [7, 11) is 3.54.